The molecule has 2 N–H and O–H groups in total. The molecule has 124 valence electrons. The standard InChI is InChI=1S/C16H26N4O.HI/c1-17-16(18-11-15-7-4-10-21-15)19-13-8-9-20(12-13)14-5-2-3-6-14;/h4,7,10,13-14H,2-3,5-6,8-9,11-12H2,1H3,(H2,17,18,19);1H. The van der Waals surface area contributed by atoms with Crippen LogP contribution in [0, 0.1) is 0 Å². The summed E-state index contributed by atoms with van der Waals surface area (Å²) in [4.78, 5) is 6.96. The molecule has 1 unspecified atom stereocenters. The van der Waals surface area contributed by atoms with Gasteiger partial charge in [0.15, 0.2) is 5.96 Å². The van der Waals surface area contributed by atoms with Crippen LogP contribution in [0.15, 0.2) is 27.8 Å². The smallest absolute Gasteiger partial charge is 0.191 e. The first-order valence-corrected chi connectivity index (χ1v) is 8.09. The van der Waals surface area contributed by atoms with Gasteiger partial charge >= 0.3 is 0 Å². The Morgan fingerprint density at radius 2 is 2.18 bits per heavy atom. The minimum Gasteiger partial charge on any atom is -0.467 e. The summed E-state index contributed by atoms with van der Waals surface area (Å²) >= 11 is 0. The largest absolute Gasteiger partial charge is 0.467 e. The number of guanidine groups is 1. The highest BCUT2D eigenvalue weighted by atomic mass is 127. The van der Waals surface area contributed by atoms with Gasteiger partial charge in [-0.3, -0.25) is 9.89 Å². The molecular weight excluding hydrogens is 391 g/mol. The van der Waals surface area contributed by atoms with Crippen LogP contribution in [-0.2, 0) is 6.54 Å². The molecule has 1 saturated carbocycles. The summed E-state index contributed by atoms with van der Waals surface area (Å²) in [7, 11) is 1.82. The number of aliphatic imine (C=N–C) groups is 1. The lowest BCUT2D eigenvalue weighted by atomic mass is 10.2. The monoisotopic (exact) mass is 418 g/mol. The molecule has 1 aliphatic heterocycles. The van der Waals surface area contributed by atoms with E-state index in [4.69, 9.17) is 4.42 Å². The minimum atomic E-state index is 0. The summed E-state index contributed by atoms with van der Waals surface area (Å²) in [6.07, 6.45) is 8.50. The number of nitrogens with one attached hydrogen (secondary N) is 2. The van der Waals surface area contributed by atoms with Crippen molar-refractivity contribution in [2.45, 2.75) is 50.7 Å². The van der Waals surface area contributed by atoms with Crippen molar-refractivity contribution in [3.8, 4) is 0 Å². The highest BCUT2D eigenvalue weighted by Gasteiger charge is 2.30. The second-order valence-electron chi connectivity index (χ2n) is 6.07. The fourth-order valence-electron chi connectivity index (χ4n) is 3.48. The molecule has 1 saturated heterocycles. The van der Waals surface area contributed by atoms with Gasteiger partial charge in [0.1, 0.15) is 5.76 Å². The van der Waals surface area contributed by atoms with Gasteiger partial charge in [0, 0.05) is 32.2 Å². The molecule has 2 fully saturated rings. The van der Waals surface area contributed by atoms with Crippen molar-refractivity contribution in [3.63, 3.8) is 0 Å². The maximum Gasteiger partial charge on any atom is 0.191 e. The second-order valence-corrected chi connectivity index (χ2v) is 6.07. The number of nitrogens with zero attached hydrogens (tertiary/aromatic N) is 2. The first-order valence-electron chi connectivity index (χ1n) is 8.09. The molecule has 0 bridgehead atoms. The molecule has 6 heteroatoms. The van der Waals surface area contributed by atoms with Crippen LogP contribution in [-0.4, -0.2) is 43.1 Å². The van der Waals surface area contributed by atoms with Gasteiger partial charge in [0.25, 0.3) is 0 Å². The molecule has 22 heavy (non-hydrogen) atoms. The van der Waals surface area contributed by atoms with Crippen molar-refractivity contribution in [3.05, 3.63) is 24.2 Å². The van der Waals surface area contributed by atoms with Crippen LogP contribution in [0.5, 0.6) is 0 Å². The van der Waals surface area contributed by atoms with Crippen LogP contribution >= 0.6 is 24.0 Å². The van der Waals surface area contributed by atoms with Crippen LogP contribution in [0.3, 0.4) is 0 Å². The maximum atomic E-state index is 5.33. The van der Waals surface area contributed by atoms with Gasteiger partial charge in [-0.05, 0) is 31.4 Å². The maximum absolute atomic E-state index is 5.33. The van der Waals surface area contributed by atoms with Crippen molar-refractivity contribution in [2.24, 2.45) is 4.99 Å². The summed E-state index contributed by atoms with van der Waals surface area (Å²) in [5, 5.41) is 6.85. The zero-order valence-electron chi connectivity index (χ0n) is 13.3. The van der Waals surface area contributed by atoms with Gasteiger partial charge < -0.3 is 15.1 Å². The fourth-order valence-corrected chi connectivity index (χ4v) is 3.48. The van der Waals surface area contributed by atoms with Gasteiger partial charge in [-0.15, -0.1) is 24.0 Å². The van der Waals surface area contributed by atoms with Crippen LogP contribution in [0.25, 0.3) is 0 Å². The summed E-state index contributed by atoms with van der Waals surface area (Å²) < 4.78 is 5.33. The summed E-state index contributed by atoms with van der Waals surface area (Å²) in [6.45, 7) is 3.04. The predicted molar refractivity (Wildman–Crippen MR) is 99.7 cm³/mol. The van der Waals surface area contributed by atoms with Crippen LogP contribution in [0.4, 0.5) is 0 Å². The van der Waals surface area contributed by atoms with E-state index in [1.165, 1.54) is 38.6 Å². The van der Waals surface area contributed by atoms with E-state index in [0.717, 1.165) is 24.3 Å². The first-order chi connectivity index (χ1) is 10.3. The third kappa shape index (κ3) is 4.62. The van der Waals surface area contributed by atoms with Gasteiger partial charge in [-0.25, -0.2) is 0 Å². The lowest BCUT2D eigenvalue weighted by molar-refractivity contribution is 0.242. The number of likely N-dealkylation sites (tertiary alicyclic amines) is 1. The quantitative estimate of drug-likeness (QED) is 0.449. The van der Waals surface area contributed by atoms with E-state index in [-0.39, 0.29) is 24.0 Å². The lowest BCUT2D eigenvalue weighted by Gasteiger charge is -2.24. The number of rotatable bonds is 4. The highest BCUT2D eigenvalue weighted by molar-refractivity contribution is 14.0. The van der Waals surface area contributed by atoms with Gasteiger partial charge in [0.05, 0.1) is 12.8 Å². The summed E-state index contributed by atoms with van der Waals surface area (Å²) in [5.41, 5.74) is 0. The van der Waals surface area contributed by atoms with Crippen molar-refractivity contribution in [1.82, 2.24) is 15.5 Å². The number of halogens is 1. The molecule has 0 spiro atoms. The van der Waals surface area contributed by atoms with Crippen molar-refractivity contribution in [2.75, 3.05) is 20.1 Å². The molecule has 1 aliphatic carbocycles. The van der Waals surface area contributed by atoms with Crippen LogP contribution in [0.2, 0.25) is 0 Å². The van der Waals surface area contributed by atoms with Crippen molar-refractivity contribution < 1.29 is 4.42 Å². The number of hydrogen-bond acceptors (Lipinski definition) is 3. The molecule has 1 aromatic heterocycles. The molecular formula is C16H27IN4O. The van der Waals surface area contributed by atoms with Crippen molar-refractivity contribution in [1.29, 1.82) is 0 Å². The molecule has 3 rings (SSSR count). The van der Waals surface area contributed by atoms with Crippen LogP contribution in [0.1, 0.15) is 37.9 Å². The molecule has 0 amide bonds. The fraction of sp³-hybridized carbons (Fsp3) is 0.688. The molecule has 0 aromatic carbocycles. The van der Waals surface area contributed by atoms with E-state index in [1.54, 1.807) is 6.26 Å². The Labute approximate surface area is 149 Å². The molecule has 5 nitrogen and oxygen atoms in total. The zero-order valence-corrected chi connectivity index (χ0v) is 15.6. The number of furan rings is 1. The Balaban J connectivity index is 0.00000176. The Morgan fingerprint density at radius 3 is 2.86 bits per heavy atom. The van der Waals surface area contributed by atoms with Gasteiger partial charge in [-0.1, -0.05) is 12.8 Å². The molecule has 2 heterocycles. The second kappa shape index (κ2) is 8.76. The Bertz CT molecular complexity index is 457. The van der Waals surface area contributed by atoms with Gasteiger partial charge in [-0.2, -0.15) is 0 Å². The summed E-state index contributed by atoms with van der Waals surface area (Å²) in [6, 6.07) is 5.21. The molecule has 0 radical (unpaired) electrons. The van der Waals surface area contributed by atoms with E-state index >= 15 is 0 Å². The Morgan fingerprint density at radius 1 is 1.36 bits per heavy atom. The predicted octanol–water partition coefficient (Wildman–Crippen LogP) is 2.58. The SMILES string of the molecule is CN=C(NCc1ccco1)NC1CCN(C2CCCC2)C1.I. The third-order valence-corrected chi connectivity index (χ3v) is 4.64. The molecule has 1 aromatic rings. The van der Waals surface area contributed by atoms with E-state index in [9.17, 15) is 0 Å². The molecule has 2 aliphatic rings. The number of hydrogen-bond donors (Lipinski definition) is 2. The average molecular weight is 418 g/mol. The van der Waals surface area contributed by atoms with Crippen LogP contribution < -0.4 is 10.6 Å². The van der Waals surface area contributed by atoms with Crippen molar-refractivity contribution >= 4 is 29.9 Å². The Kier molecular flexibility index (Phi) is 7.01. The topological polar surface area (TPSA) is 52.8 Å². The van der Waals surface area contributed by atoms with E-state index < -0.39 is 0 Å². The van der Waals surface area contributed by atoms with E-state index in [2.05, 4.69) is 20.5 Å². The summed E-state index contributed by atoms with van der Waals surface area (Å²) in [5.74, 6) is 1.79. The third-order valence-electron chi connectivity index (χ3n) is 4.64. The highest BCUT2D eigenvalue weighted by Crippen LogP contribution is 2.26. The van der Waals surface area contributed by atoms with Gasteiger partial charge in [0.2, 0.25) is 0 Å². The first kappa shape index (κ1) is 17.6. The normalized spacial score (nSPS) is 23.5. The Hall–Kier alpha value is -0.760. The average Bonchev–Trinajstić information content (AvgIpc) is 3.24. The van der Waals surface area contributed by atoms with E-state index in [1.807, 2.05) is 19.2 Å². The van der Waals surface area contributed by atoms with E-state index in [0.29, 0.717) is 12.6 Å². The lowest BCUT2D eigenvalue weighted by Crippen LogP contribution is -2.45. The minimum absolute atomic E-state index is 0. The zero-order chi connectivity index (χ0) is 14.5. The molecule has 1 atom stereocenters.